The van der Waals surface area contributed by atoms with E-state index in [2.05, 4.69) is 19.9 Å². The van der Waals surface area contributed by atoms with Crippen LogP contribution >= 0.6 is 11.3 Å². The number of carbonyl (C=O) groups excluding carboxylic acids is 1. The van der Waals surface area contributed by atoms with Crippen LogP contribution in [0.5, 0.6) is 0 Å². The van der Waals surface area contributed by atoms with Crippen molar-refractivity contribution in [2.24, 2.45) is 5.73 Å². The van der Waals surface area contributed by atoms with Gasteiger partial charge in [-0.2, -0.15) is 0 Å². The number of pyridine rings is 1. The van der Waals surface area contributed by atoms with Gasteiger partial charge in [-0.3, -0.25) is 9.78 Å². The van der Waals surface area contributed by atoms with E-state index in [4.69, 9.17) is 5.73 Å². The van der Waals surface area contributed by atoms with Crippen molar-refractivity contribution in [3.8, 4) is 0 Å². The Balaban J connectivity index is 1.60. The van der Waals surface area contributed by atoms with Crippen LogP contribution in [0, 0.1) is 11.6 Å². The smallest absolute Gasteiger partial charge is 0.258 e. The summed E-state index contributed by atoms with van der Waals surface area (Å²) in [5.74, 6) is -1.32. The predicted octanol–water partition coefficient (Wildman–Crippen LogP) is 3.17. The number of H-pyrrole nitrogens is 1. The number of hydrogen-bond donors (Lipinski definition) is 2. The van der Waals surface area contributed by atoms with Crippen molar-refractivity contribution >= 4 is 33.0 Å². The Bertz CT molecular complexity index is 1310. The molecule has 1 atom stereocenters. The quantitative estimate of drug-likeness (QED) is 0.479. The largest absolute Gasteiger partial charge is 0.404 e. The molecule has 0 unspecified atom stereocenters. The lowest BCUT2D eigenvalue weighted by Crippen LogP contribution is -2.41. The molecule has 156 valence electrons. The summed E-state index contributed by atoms with van der Waals surface area (Å²) < 4.78 is 28.3. The highest BCUT2D eigenvalue weighted by molar-refractivity contribution is 7.18. The first-order valence-corrected chi connectivity index (χ1v) is 10.3. The monoisotopic (exact) mass is 438 g/mol. The van der Waals surface area contributed by atoms with E-state index in [0.717, 1.165) is 18.1 Å². The van der Waals surface area contributed by atoms with Gasteiger partial charge in [0.25, 0.3) is 5.91 Å². The van der Waals surface area contributed by atoms with Gasteiger partial charge in [0.2, 0.25) is 0 Å². The maximum atomic E-state index is 14.3. The molecule has 10 heteroatoms. The molecule has 0 bridgehead atoms. The second-order valence-electron chi connectivity index (χ2n) is 7.00. The predicted molar refractivity (Wildman–Crippen MR) is 112 cm³/mol. The minimum atomic E-state index is -0.616. The fraction of sp³-hybridized carbons (Fsp3) is 0.143. The molecule has 31 heavy (non-hydrogen) atoms. The highest BCUT2D eigenvalue weighted by Crippen LogP contribution is 2.39. The first-order valence-electron chi connectivity index (χ1n) is 9.48. The highest BCUT2D eigenvalue weighted by Gasteiger charge is 2.37. The lowest BCUT2D eigenvalue weighted by molar-refractivity contribution is -0.127. The van der Waals surface area contributed by atoms with Crippen LogP contribution in [0.1, 0.15) is 28.1 Å². The number of nitrogens with one attached hydrogen (secondary N) is 1. The molecule has 4 heterocycles. The van der Waals surface area contributed by atoms with Gasteiger partial charge < -0.3 is 15.6 Å². The van der Waals surface area contributed by atoms with Gasteiger partial charge in [0.05, 0.1) is 34.2 Å². The summed E-state index contributed by atoms with van der Waals surface area (Å²) in [6.45, 7) is 0.371. The number of carbonyl (C=O) groups is 1. The second-order valence-corrected chi connectivity index (χ2v) is 8.06. The van der Waals surface area contributed by atoms with E-state index in [-0.39, 0.29) is 22.7 Å². The number of aromatic nitrogens is 4. The van der Waals surface area contributed by atoms with E-state index in [1.54, 1.807) is 23.4 Å². The number of para-hydroxylation sites is 1. The highest BCUT2D eigenvalue weighted by atomic mass is 32.1. The molecular weight excluding hydrogens is 422 g/mol. The van der Waals surface area contributed by atoms with Crippen LogP contribution in [0.3, 0.4) is 0 Å². The molecule has 0 radical (unpaired) electrons. The number of amides is 1. The van der Waals surface area contributed by atoms with E-state index in [1.807, 2.05) is 0 Å². The van der Waals surface area contributed by atoms with Gasteiger partial charge in [-0.25, -0.2) is 18.7 Å². The van der Waals surface area contributed by atoms with Crippen molar-refractivity contribution in [2.75, 3.05) is 6.54 Å². The molecule has 1 amide bonds. The Morgan fingerprint density at radius 3 is 2.87 bits per heavy atom. The zero-order valence-electron chi connectivity index (χ0n) is 16.0. The van der Waals surface area contributed by atoms with Crippen molar-refractivity contribution in [3.05, 3.63) is 82.8 Å². The average Bonchev–Trinajstić information content (AvgIpc) is 3.42. The molecule has 5 rings (SSSR count). The van der Waals surface area contributed by atoms with Gasteiger partial charge in [-0.15, -0.1) is 11.3 Å². The van der Waals surface area contributed by atoms with Gasteiger partial charge in [0, 0.05) is 24.9 Å². The number of hydrogen-bond acceptors (Lipinski definition) is 6. The number of rotatable bonds is 3. The molecule has 3 aromatic heterocycles. The number of thiazole rings is 1. The summed E-state index contributed by atoms with van der Waals surface area (Å²) >= 11 is 1.31. The summed E-state index contributed by atoms with van der Waals surface area (Å²) in [4.78, 5) is 31.1. The number of nitrogens with zero attached hydrogens (tertiary/aromatic N) is 4. The summed E-state index contributed by atoms with van der Waals surface area (Å²) in [6.07, 6.45) is 4.33. The molecule has 1 aliphatic heterocycles. The van der Waals surface area contributed by atoms with Crippen LogP contribution in [0.2, 0.25) is 0 Å². The first-order chi connectivity index (χ1) is 15.1. The van der Waals surface area contributed by atoms with Gasteiger partial charge >= 0.3 is 0 Å². The zero-order chi connectivity index (χ0) is 21.5. The molecule has 0 saturated carbocycles. The summed E-state index contributed by atoms with van der Waals surface area (Å²) in [7, 11) is 0. The number of halogens is 2. The topological polar surface area (TPSA) is 101 Å². The number of imidazole rings is 1. The van der Waals surface area contributed by atoms with E-state index < -0.39 is 17.7 Å². The maximum absolute atomic E-state index is 14.3. The first kappa shape index (κ1) is 19.3. The van der Waals surface area contributed by atoms with E-state index >= 15 is 0 Å². The Morgan fingerprint density at radius 1 is 1.26 bits per heavy atom. The van der Waals surface area contributed by atoms with Crippen LogP contribution in [0.25, 0.3) is 15.8 Å². The van der Waals surface area contributed by atoms with Crippen LogP contribution in [-0.4, -0.2) is 37.3 Å². The van der Waals surface area contributed by atoms with E-state index in [9.17, 15) is 13.6 Å². The summed E-state index contributed by atoms with van der Waals surface area (Å²) in [5, 5.41) is 0.546. The van der Waals surface area contributed by atoms with Crippen molar-refractivity contribution in [1.29, 1.82) is 0 Å². The number of benzene rings is 1. The minimum Gasteiger partial charge on any atom is -0.404 e. The lowest BCUT2D eigenvalue weighted by atomic mass is 10.0. The summed E-state index contributed by atoms with van der Waals surface area (Å²) in [6, 6.07) is 6.76. The maximum Gasteiger partial charge on any atom is 0.258 e. The molecule has 0 saturated heterocycles. The van der Waals surface area contributed by atoms with Crippen molar-refractivity contribution in [3.63, 3.8) is 0 Å². The van der Waals surface area contributed by atoms with E-state index in [1.165, 1.54) is 29.5 Å². The minimum absolute atomic E-state index is 0.135. The molecule has 0 spiro atoms. The van der Waals surface area contributed by atoms with Gasteiger partial charge in [-0.1, -0.05) is 6.07 Å². The number of fused-ring (bicyclic) bond motifs is 2. The Morgan fingerprint density at radius 2 is 2.13 bits per heavy atom. The molecule has 7 nitrogen and oxygen atoms in total. The van der Waals surface area contributed by atoms with Crippen LogP contribution in [0.4, 0.5) is 8.78 Å². The average molecular weight is 438 g/mol. The normalized spacial score (nSPS) is 16.5. The molecule has 0 aliphatic carbocycles. The molecule has 1 aliphatic rings. The Kier molecular flexibility index (Phi) is 4.70. The molecule has 3 N–H and O–H groups in total. The van der Waals surface area contributed by atoms with Gasteiger partial charge in [0.1, 0.15) is 28.2 Å². The fourth-order valence-electron chi connectivity index (χ4n) is 3.75. The third-order valence-electron chi connectivity index (χ3n) is 5.21. The Hall–Kier alpha value is -3.66. The van der Waals surface area contributed by atoms with E-state index in [0.29, 0.717) is 28.4 Å². The van der Waals surface area contributed by atoms with Crippen molar-refractivity contribution in [1.82, 2.24) is 24.8 Å². The second kappa shape index (κ2) is 7.55. The zero-order valence-corrected chi connectivity index (χ0v) is 16.9. The van der Waals surface area contributed by atoms with Gasteiger partial charge in [0.15, 0.2) is 0 Å². The molecule has 0 fully saturated rings. The fourth-order valence-corrected chi connectivity index (χ4v) is 4.85. The van der Waals surface area contributed by atoms with Crippen molar-refractivity contribution < 1.29 is 13.6 Å². The molecule has 1 aromatic carbocycles. The van der Waals surface area contributed by atoms with Crippen molar-refractivity contribution in [2.45, 2.75) is 12.5 Å². The third kappa shape index (κ3) is 3.25. The van der Waals surface area contributed by atoms with Gasteiger partial charge in [-0.05, 0) is 24.3 Å². The SMILES string of the molecule is N/C=C(/C(=O)N1CCc2[nH]cnc2[C@H]1c1nc2c(F)cccc2s1)c1ccc(F)cn1. The number of nitrogens with two attached hydrogens (primary N) is 1. The lowest BCUT2D eigenvalue weighted by Gasteiger charge is -2.34. The number of aromatic amines is 1. The summed E-state index contributed by atoms with van der Waals surface area (Å²) in [5.41, 5.74) is 7.97. The third-order valence-corrected chi connectivity index (χ3v) is 6.28. The van der Waals surface area contributed by atoms with Crippen LogP contribution in [0.15, 0.2) is 49.1 Å². The molecular formula is C21H16F2N6OS. The molecule has 4 aromatic rings. The van der Waals surface area contributed by atoms with Crippen LogP contribution in [-0.2, 0) is 11.2 Å². The Labute approximate surface area is 179 Å². The standard InChI is InChI=1S/C21H16F2N6OS/c22-11-4-5-14(25-9-11)12(8-24)21(30)29-7-6-15-18(27-10-26-15)19(29)20-28-17-13(23)2-1-3-16(17)31-20/h1-5,8-10,19H,6-7,24H2,(H,26,27)/b12-8+/t19-/m0/s1. The van der Waals surface area contributed by atoms with Crippen LogP contribution < -0.4 is 5.73 Å².